The number of aryl methyl sites for hydroxylation is 2. The van der Waals surface area contributed by atoms with E-state index in [-0.39, 0.29) is 11.9 Å². The highest BCUT2D eigenvalue weighted by atomic mass is 16.5. The van der Waals surface area contributed by atoms with Crippen molar-refractivity contribution < 1.29 is 9.53 Å². The third-order valence-corrected chi connectivity index (χ3v) is 3.76. The van der Waals surface area contributed by atoms with E-state index in [1.807, 2.05) is 32.5 Å². The van der Waals surface area contributed by atoms with Gasteiger partial charge in [0.25, 0.3) is 5.91 Å². The normalized spacial score (nSPS) is 12.0. The molecule has 6 heteroatoms. The van der Waals surface area contributed by atoms with E-state index in [0.29, 0.717) is 11.4 Å². The maximum atomic E-state index is 12.3. The zero-order valence-electron chi connectivity index (χ0n) is 13.7. The van der Waals surface area contributed by atoms with Gasteiger partial charge in [-0.05, 0) is 44.9 Å². The average molecular weight is 302 g/mol. The molecule has 1 unspecified atom stereocenters. The molecule has 0 aromatic carbocycles. The van der Waals surface area contributed by atoms with Gasteiger partial charge < -0.3 is 10.1 Å². The van der Waals surface area contributed by atoms with Crippen molar-refractivity contribution in [2.24, 2.45) is 7.05 Å². The van der Waals surface area contributed by atoms with Crippen LogP contribution in [0.15, 0.2) is 18.3 Å². The molecule has 22 heavy (non-hydrogen) atoms. The Morgan fingerprint density at radius 3 is 2.77 bits per heavy atom. The summed E-state index contributed by atoms with van der Waals surface area (Å²) in [5.74, 6) is 0.151. The smallest absolute Gasteiger partial charge is 0.256 e. The molecule has 0 saturated heterocycles. The number of nitrogens with one attached hydrogen (secondary N) is 1. The topological polar surface area (TPSA) is 69.0 Å². The predicted octanol–water partition coefficient (Wildman–Crippen LogP) is 1.80. The van der Waals surface area contributed by atoms with Crippen LogP contribution in [0.3, 0.4) is 0 Å². The lowest BCUT2D eigenvalue weighted by atomic mass is 10.0. The first-order chi connectivity index (χ1) is 10.4. The van der Waals surface area contributed by atoms with Crippen LogP contribution in [0.5, 0.6) is 5.88 Å². The fourth-order valence-electron chi connectivity index (χ4n) is 2.50. The first-order valence-electron chi connectivity index (χ1n) is 7.23. The highest BCUT2D eigenvalue weighted by Gasteiger charge is 2.18. The summed E-state index contributed by atoms with van der Waals surface area (Å²) < 4.78 is 6.99. The molecule has 1 atom stereocenters. The summed E-state index contributed by atoms with van der Waals surface area (Å²) in [6, 6.07) is 3.41. The van der Waals surface area contributed by atoms with E-state index in [0.717, 1.165) is 17.8 Å². The zero-order valence-corrected chi connectivity index (χ0v) is 13.7. The van der Waals surface area contributed by atoms with E-state index in [9.17, 15) is 4.79 Å². The van der Waals surface area contributed by atoms with Gasteiger partial charge in [0.05, 0.1) is 12.8 Å². The molecule has 0 saturated carbocycles. The molecule has 0 aliphatic rings. The number of rotatable bonds is 5. The molecule has 2 heterocycles. The van der Waals surface area contributed by atoms with Gasteiger partial charge in [0.15, 0.2) is 0 Å². The molecule has 2 aromatic rings. The third-order valence-electron chi connectivity index (χ3n) is 3.76. The second-order valence-corrected chi connectivity index (χ2v) is 5.41. The number of ether oxygens (including phenoxy) is 1. The summed E-state index contributed by atoms with van der Waals surface area (Å²) in [7, 11) is 3.43. The summed E-state index contributed by atoms with van der Waals surface area (Å²) >= 11 is 0. The molecule has 0 radical (unpaired) electrons. The van der Waals surface area contributed by atoms with Crippen LogP contribution in [-0.2, 0) is 13.5 Å². The van der Waals surface area contributed by atoms with Crippen molar-refractivity contribution >= 4 is 5.91 Å². The molecular formula is C16H22N4O2. The van der Waals surface area contributed by atoms with Crippen molar-refractivity contribution in [1.82, 2.24) is 20.1 Å². The molecule has 118 valence electrons. The summed E-state index contributed by atoms with van der Waals surface area (Å²) in [6.07, 6.45) is 2.33. The van der Waals surface area contributed by atoms with Gasteiger partial charge in [-0.25, -0.2) is 4.98 Å². The van der Waals surface area contributed by atoms with Gasteiger partial charge in [-0.15, -0.1) is 0 Å². The van der Waals surface area contributed by atoms with E-state index >= 15 is 0 Å². The van der Waals surface area contributed by atoms with E-state index in [1.165, 1.54) is 12.7 Å². The maximum absolute atomic E-state index is 12.3. The Hall–Kier alpha value is -2.37. The molecule has 0 fully saturated rings. The number of hydrogen-bond acceptors (Lipinski definition) is 4. The number of carbonyl (C=O) groups excluding carboxylic acids is 1. The molecular weight excluding hydrogens is 280 g/mol. The monoisotopic (exact) mass is 302 g/mol. The lowest BCUT2D eigenvalue weighted by Crippen LogP contribution is -2.34. The Kier molecular flexibility index (Phi) is 4.80. The number of amides is 1. The summed E-state index contributed by atoms with van der Waals surface area (Å²) in [4.78, 5) is 16.4. The van der Waals surface area contributed by atoms with E-state index < -0.39 is 0 Å². The van der Waals surface area contributed by atoms with Crippen LogP contribution in [0.4, 0.5) is 0 Å². The van der Waals surface area contributed by atoms with Crippen LogP contribution in [0, 0.1) is 13.8 Å². The van der Waals surface area contributed by atoms with E-state index in [2.05, 4.69) is 15.4 Å². The molecule has 1 amide bonds. The van der Waals surface area contributed by atoms with Crippen molar-refractivity contribution in [3.05, 3.63) is 40.8 Å². The van der Waals surface area contributed by atoms with Crippen molar-refractivity contribution in [1.29, 1.82) is 0 Å². The van der Waals surface area contributed by atoms with Gasteiger partial charge in [0.1, 0.15) is 5.56 Å². The van der Waals surface area contributed by atoms with Crippen LogP contribution < -0.4 is 10.1 Å². The highest BCUT2D eigenvalue weighted by Crippen LogP contribution is 2.16. The van der Waals surface area contributed by atoms with Crippen LogP contribution in [-0.4, -0.2) is 33.8 Å². The second kappa shape index (κ2) is 6.60. The molecule has 1 N–H and O–H groups in total. The molecule has 0 aliphatic carbocycles. The zero-order chi connectivity index (χ0) is 16.3. The summed E-state index contributed by atoms with van der Waals surface area (Å²) in [6.45, 7) is 6.00. The Balaban J connectivity index is 2.08. The van der Waals surface area contributed by atoms with Crippen LogP contribution in [0.2, 0.25) is 0 Å². The Morgan fingerprint density at radius 2 is 2.18 bits per heavy atom. The third kappa shape index (κ3) is 3.27. The molecule has 0 bridgehead atoms. The van der Waals surface area contributed by atoms with Crippen LogP contribution in [0.1, 0.15) is 34.2 Å². The largest absolute Gasteiger partial charge is 0.480 e. The molecule has 2 aromatic heterocycles. The van der Waals surface area contributed by atoms with Gasteiger partial charge in [0, 0.05) is 25.0 Å². The quantitative estimate of drug-likeness (QED) is 0.914. The lowest BCUT2D eigenvalue weighted by molar-refractivity contribution is 0.0936. The maximum Gasteiger partial charge on any atom is 0.256 e. The van der Waals surface area contributed by atoms with Crippen molar-refractivity contribution in [3.63, 3.8) is 0 Å². The first kappa shape index (κ1) is 16.0. The van der Waals surface area contributed by atoms with Gasteiger partial charge in [0.2, 0.25) is 5.88 Å². The lowest BCUT2D eigenvalue weighted by Gasteiger charge is -2.15. The number of pyridine rings is 1. The Labute approximate surface area is 130 Å². The average Bonchev–Trinajstić information content (AvgIpc) is 2.73. The number of hydrogen-bond donors (Lipinski definition) is 1. The minimum Gasteiger partial charge on any atom is -0.480 e. The van der Waals surface area contributed by atoms with Crippen LogP contribution in [0.25, 0.3) is 0 Å². The van der Waals surface area contributed by atoms with Gasteiger partial charge in [-0.2, -0.15) is 5.10 Å². The SMILES string of the molecule is COc1ncccc1C(=O)NC(C)Cc1c(C)nn(C)c1C. The number of aromatic nitrogens is 3. The summed E-state index contributed by atoms with van der Waals surface area (Å²) in [5, 5.41) is 7.39. The highest BCUT2D eigenvalue weighted by molar-refractivity contribution is 5.96. The minimum absolute atomic E-state index is 0.0148. The first-order valence-corrected chi connectivity index (χ1v) is 7.23. The fourth-order valence-corrected chi connectivity index (χ4v) is 2.50. The second-order valence-electron chi connectivity index (χ2n) is 5.41. The number of carbonyl (C=O) groups is 1. The van der Waals surface area contributed by atoms with Crippen molar-refractivity contribution in [2.75, 3.05) is 7.11 Å². The number of nitrogens with zero attached hydrogens (tertiary/aromatic N) is 3. The van der Waals surface area contributed by atoms with E-state index in [4.69, 9.17) is 4.74 Å². The van der Waals surface area contributed by atoms with Crippen molar-refractivity contribution in [2.45, 2.75) is 33.2 Å². The number of methoxy groups -OCH3 is 1. The predicted molar refractivity (Wildman–Crippen MR) is 84.1 cm³/mol. The van der Waals surface area contributed by atoms with Gasteiger partial charge in [-0.3, -0.25) is 9.48 Å². The van der Waals surface area contributed by atoms with E-state index in [1.54, 1.807) is 18.3 Å². The molecule has 6 nitrogen and oxygen atoms in total. The molecule has 0 spiro atoms. The van der Waals surface area contributed by atoms with Crippen molar-refractivity contribution in [3.8, 4) is 5.88 Å². The minimum atomic E-state index is -0.184. The molecule has 2 rings (SSSR count). The molecule has 0 aliphatic heterocycles. The van der Waals surface area contributed by atoms with Gasteiger partial charge >= 0.3 is 0 Å². The Morgan fingerprint density at radius 1 is 1.45 bits per heavy atom. The van der Waals surface area contributed by atoms with Gasteiger partial charge in [-0.1, -0.05) is 0 Å². The van der Waals surface area contributed by atoms with Crippen LogP contribution >= 0.6 is 0 Å². The Bertz CT molecular complexity index is 679. The standard InChI is InChI=1S/C16H22N4O2/c1-10(9-14-11(2)19-20(4)12(14)3)18-15(21)13-7-6-8-17-16(13)22-5/h6-8,10H,9H2,1-5H3,(H,18,21). The summed E-state index contributed by atoms with van der Waals surface area (Å²) in [5.41, 5.74) is 3.74. The fraction of sp³-hybridized carbons (Fsp3) is 0.438.